The molecule has 2 aromatic rings. The van der Waals surface area contributed by atoms with Crippen molar-refractivity contribution in [3.8, 4) is 23.0 Å². The van der Waals surface area contributed by atoms with Crippen molar-refractivity contribution in [2.75, 3.05) is 52.4 Å². The number of likely N-dealkylation sites (tertiary alicyclic amines) is 2. The minimum absolute atomic E-state index is 0.758. The van der Waals surface area contributed by atoms with Gasteiger partial charge in [0.25, 0.3) is 0 Å². The zero-order valence-electron chi connectivity index (χ0n) is 27.3. The van der Waals surface area contributed by atoms with Gasteiger partial charge in [0.05, 0.1) is 11.2 Å². The first-order chi connectivity index (χ1) is 22.7. The Labute approximate surface area is 273 Å². The number of fused-ring (bicyclic) bond motifs is 7. The Balaban J connectivity index is 1.31. The van der Waals surface area contributed by atoms with E-state index in [1.807, 2.05) is 0 Å². The van der Waals surface area contributed by atoms with Crippen LogP contribution in [0.3, 0.4) is 0 Å². The first kappa shape index (κ1) is 27.8. The first-order valence-electron chi connectivity index (χ1n) is 18.7. The minimum Gasteiger partial charge on any atom is -0.623 e. The molecule has 0 aliphatic carbocycles. The average molecular weight is 622 g/mol. The average Bonchev–Trinajstić information content (AvgIpc) is 3.82. The Hall–Kier alpha value is -3.23. The summed E-state index contributed by atoms with van der Waals surface area (Å²) in [5.74, 6) is 3.64. The van der Waals surface area contributed by atoms with Crippen LogP contribution in [-0.2, 0) is 0 Å². The van der Waals surface area contributed by atoms with E-state index in [4.69, 9.17) is 18.6 Å². The summed E-state index contributed by atoms with van der Waals surface area (Å²) in [5, 5.41) is 0. The van der Waals surface area contributed by atoms with Gasteiger partial charge in [0.2, 0.25) is 0 Å². The fourth-order valence-electron chi connectivity index (χ4n) is 11.2. The van der Waals surface area contributed by atoms with Crippen molar-refractivity contribution in [2.24, 2.45) is 0 Å². The summed E-state index contributed by atoms with van der Waals surface area (Å²) in [5.41, 5.74) is 5.63. The molecule has 0 atom stereocenters. The van der Waals surface area contributed by atoms with Crippen LogP contribution < -0.4 is 18.6 Å². The smallest absolute Gasteiger partial charge is 0.623 e. The van der Waals surface area contributed by atoms with Crippen LogP contribution in [-0.4, -0.2) is 84.3 Å². The second kappa shape index (κ2) is 10.1. The molecule has 10 rings (SSSR count). The van der Waals surface area contributed by atoms with Crippen molar-refractivity contribution in [1.29, 1.82) is 0 Å². The lowest BCUT2D eigenvalue weighted by Crippen LogP contribution is -2.77. The van der Waals surface area contributed by atoms with Gasteiger partial charge >= 0.3 is 13.4 Å². The summed E-state index contributed by atoms with van der Waals surface area (Å²) < 4.78 is 31.6. The second-order valence-corrected chi connectivity index (χ2v) is 15.4. The SMILES string of the molecule is c1ccc2c(c1)O[B-]1(O2)C(N2CCCCC2)=C2C(=C(N3CCCCC3)[B-]3(Oc4ccccc4O3)[N+]23CCCCC3)[N+]12CCCCC2. The molecule has 0 bridgehead atoms. The second-order valence-electron chi connectivity index (χ2n) is 15.4. The molecule has 4 spiro atoms. The number of para-hydroxylation sites is 4. The van der Waals surface area contributed by atoms with Gasteiger partial charge in [-0.15, -0.1) is 0 Å². The highest BCUT2D eigenvalue weighted by molar-refractivity contribution is 6.75. The molecule has 0 aromatic heterocycles. The predicted octanol–water partition coefficient (Wildman–Crippen LogP) is 6.31. The van der Waals surface area contributed by atoms with E-state index in [9.17, 15) is 0 Å². The van der Waals surface area contributed by atoms with Crippen LogP contribution in [0.15, 0.2) is 71.1 Å². The number of benzene rings is 2. The lowest BCUT2D eigenvalue weighted by molar-refractivity contribution is -0.839. The summed E-state index contributed by atoms with van der Waals surface area (Å²) >= 11 is 0. The van der Waals surface area contributed by atoms with Crippen LogP contribution in [0.1, 0.15) is 77.0 Å². The van der Waals surface area contributed by atoms with E-state index in [1.54, 1.807) is 0 Å². The van der Waals surface area contributed by atoms with Gasteiger partial charge in [-0.25, -0.2) is 0 Å². The van der Waals surface area contributed by atoms with E-state index in [1.165, 1.54) is 99.6 Å². The third-order valence-electron chi connectivity index (χ3n) is 13.1. The Morgan fingerprint density at radius 2 is 0.717 bits per heavy atom. The monoisotopic (exact) mass is 622 g/mol. The number of quaternary nitrogens is 2. The molecule has 4 saturated heterocycles. The molecule has 0 unspecified atom stereocenters. The molecule has 8 aliphatic heterocycles. The van der Waals surface area contributed by atoms with E-state index >= 15 is 0 Å². The number of hydrogen-bond donors (Lipinski definition) is 0. The minimum atomic E-state index is -1.93. The maximum absolute atomic E-state index is 7.51. The van der Waals surface area contributed by atoms with Crippen LogP contribution >= 0.6 is 0 Å². The third kappa shape index (κ3) is 3.45. The van der Waals surface area contributed by atoms with Gasteiger partial charge < -0.3 is 37.2 Å². The van der Waals surface area contributed by atoms with Crippen LogP contribution in [0.4, 0.5) is 0 Å². The zero-order chi connectivity index (χ0) is 30.4. The lowest BCUT2D eigenvalue weighted by atomic mass is 9.58. The third-order valence-corrected chi connectivity index (χ3v) is 13.1. The molecule has 0 saturated carbocycles. The van der Waals surface area contributed by atoms with E-state index in [-0.39, 0.29) is 0 Å². The molecule has 46 heavy (non-hydrogen) atoms. The van der Waals surface area contributed by atoms with Gasteiger partial charge in [-0.1, -0.05) is 24.3 Å². The summed E-state index contributed by atoms with van der Waals surface area (Å²) in [6, 6.07) is 17.0. The Bertz CT molecular complexity index is 1450. The molecule has 8 heterocycles. The number of piperidine rings is 4. The largest absolute Gasteiger partial charge is 0.636 e. The lowest BCUT2D eigenvalue weighted by Gasteiger charge is -2.57. The fourth-order valence-corrected chi connectivity index (χ4v) is 11.2. The highest BCUT2D eigenvalue weighted by atomic mass is 16.7. The van der Waals surface area contributed by atoms with Crippen LogP contribution in [0.5, 0.6) is 23.0 Å². The summed E-state index contributed by atoms with van der Waals surface area (Å²) in [7, 11) is 0. The molecule has 4 fully saturated rings. The molecule has 2 aromatic carbocycles. The van der Waals surface area contributed by atoms with E-state index < -0.39 is 13.4 Å². The van der Waals surface area contributed by atoms with Crippen molar-refractivity contribution in [2.45, 2.75) is 77.0 Å². The molecule has 0 N–H and O–H groups in total. The van der Waals surface area contributed by atoms with Crippen molar-refractivity contribution >= 4 is 13.4 Å². The van der Waals surface area contributed by atoms with Crippen molar-refractivity contribution in [3.05, 3.63) is 71.1 Å². The Morgan fingerprint density at radius 3 is 1.04 bits per heavy atom. The molecule has 0 radical (unpaired) electrons. The van der Waals surface area contributed by atoms with Gasteiger partial charge in [-0.3, -0.25) is 0 Å². The Kier molecular flexibility index (Phi) is 6.13. The van der Waals surface area contributed by atoms with Gasteiger partial charge in [-0.05, 0) is 101 Å². The summed E-state index contributed by atoms with van der Waals surface area (Å²) in [6.45, 7) is 4.47. The molecular weight excluding hydrogens is 574 g/mol. The predicted molar refractivity (Wildman–Crippen MR) is 179 cm³/mol. The fraction of sp³-hybridized carbons (Fsp3) is 0.556. The molecule has 8 aliphatic rings. The van der Waals surface area contributed by atoms with Crippen molar-refractivity contribution in [3.63, 3.8) is 0 Å². The standard InChI is InChI=1S/C36H48B2N4O4/c1-9-21-39(22-10-1)35-33-34(42(27-15-4-16-28-42)37(35)43-29-17-5-6-18-30(29)44-37)36(40-23-11-2-12-24-40)38(41(33)25-13-3-14-26-41)45-31-19-7-8-20-32(31)46-38/h5-8,17-20H,1-4,9-16,21-28H2. The molecule has 10 heteroatoms. The maximum Gasteiger partial charge on any atom is 0.636 e. The molecule has 0 amide bonds. The summed E-state index contributed by atoms with van der Waals surface area (Å²) in [4.78, 5) is 5.46. The van der Waals surface area contributed by atoms with E-state index in [0.717, 1.165) is 84.1 Å². The zero-order valence-corrected chi connectivity index (χ0v) is 27.3. The molecule has 8 nitrogen and oxygen atoms in total. The van der Waals surface area contributed by atoms with Crippen LogP contribution in [0, 0.1) is 0 Å². The van der Waals surface area contributed by atoms with E-state index in [2.05, 4.69) is 58.3 Å². The highest BCUT2D eigenvalue weighted by Crippen LogP contribution is 2.64. The van der Waals surface area contributed by atoms with Gasteiger partial charge in [0.15, 0.2) is 0 Å². The number of nitrogens with zero attached hydrogens (tertiary/aromatic N) is 4. The van der Waals surface area contributed by atoms with Gasteiger partial charge in [-0.2, -0.15) is 0 Å². The van der Waals surface area contributed by atoms with Crippen molar-refractivity contribution < 1.29 is 27.4 Å². The van der Waals surface area contributed by atoms with Crippen LogP contribution in [0.2, 0.25) is 0 Å². The normalized spacial score (nSPS) is 27.8. The maximum atomic E-state index is 7.51. The van der Waals surface area contributed by atoms with Crippen LogP contribution in [0.25, 0.3) is 0 Å². The van der Waals surface area contributed by atoms with Gasteiger partial charge in [0.1, 0.15) is 34.4 Å². The number of hydrogen-bond acceptors (Lipinski definition) is 6. The quantitative estimate of drug-likeness (QED) is 0.366. The first-order valence-corrected chi connectivity index (χ1v) is 18.7. The van der Waals surface area contributed by atoms with E-state index in [0.29, 0.717) is 0 Å². The van der Waals surface area contributed by atoms with Crippen molar-refractivity contribution in [1.82, 2.24) is 9.80 Å². The Morgan fingerprint density at radius 1 is 0.413 bits per heavy atom. The summed E-state index contributed by atoms with van der Waals surface area (Å²) in [6.07, 6.45) is 14.6. The molecular formula is C36H48B2N4O4. The van der Waals surface area contributed by atoms with Gasteiger partial charge in [0, 0.05) is 52.4 Å². The highest BCUT2D eigenvalue weighted by Gasteiger charge is 2.81. The molecule has 242 valence electrons. The topological polar surface area (TPSA) is 43.4 Å². The number of rotatable bonds is 2.